The smallest absolute Gasteiger partial charge is 0.182 e. The van der Waals surface area contributed by atoms with Gasteiger partial charge in [0.05, 0.1) is 27.7 Å². The van der Waals surface area contributed by atoms with E-state index in [4.69, 9.17) is 40.2 Å². The van der Waals surface area contributed by atoms with Crippen LogP contribution in [0.15, 0.2) is 36.4 Å². The predicted molar refractivity (Wildman–Crippen MR) is 89.2 cm³/mol. The Hall–Kier alpha value is -1.33. The van der Waals surface area contributed by atoms with Gasteiger partial charge in [-0.25, -0.2) is 0 Å². The van der Waals surface area contributed by atoms with E-state index in [0.717, 1.165) is 22.3 Å². The lowest BCUT2D eigenvalue weighted by Gasteiger charge is -2.07. The maximum absolute atomic E-state index is 6.12. The number of nitrogens with one attached hydrogen (secondary N) is 1. The second-order valence-electron chi connectivity index (χ2n) is 4.65. The Labute approximate surface area is 137 Å². The second-order valence-corrected chi connectivity index (χ2v) is 5.85. The third kappa shape index (κ3) is 2.72. The molecule has 3 nitrogen and oxygen atoms in total. The topological polar surface area (TPSA) is 29.9 Å². The quantitative estimate of drug-likeness (QED) is 0.670. The highest BCUT2D eigenvalue weighted by atomic mass is 35.5. The molecule has 0 saturated carbocycles. The molecule has 108 valence electrons. The number of hydrogen-bond donors (Lipinski definition) is 1. The van der Waals surface area contributed by atoms with Gasteiger partial charge in [0, 0.05) is 12.8 Å². The zero-order chi connectivity index (χ0) is 15.0. The molecular formula is C15H12Cl2N2OS. The lowest BCUT2D eigenvalue weighted by atomic mass is 10.2. The highest BCUT2D eigenvalue weighted by Crippen LogP contribution is 2.29. The third-order valence-electron chi connectivity index (χ3n) is 3.20. The van der Waals surface area contributed by atoms with E-state index in [9.17, 15) is 0 Å². The molecule has 0 aliphatic rings. The van der Waals surface area contributed by atoms with E-state index in [1.165, 1.54) is 0 Å². The van der Waals surface area contributed by atoms with Crippen LogP contribution in [0.4, 0.5) is 0 Å². The molecule has 0 saturated heterocycles. The molecule has 1 aromatic heterocycles. The van der Waals surface area contributed by atoms with Crippen molar-refractivity contribution < 1.29 is 4.74 Å². The number of benzene rings is 2. The molecule has 6 heteroatoms. The summed E-state index contributed by atoms with van der Waals surface area (Å²) in [5.41, 5.74) is 3.78. The molecule has 0 fully saturated rings. The van der Waals surface area contributed by atoms with Gasteiger partial charge in [0.25, 0.3) is 0 Å². The van der Waals surface area contributed by atoms with Gasteiger partial charge in [-0.1, -0.05) is 35.3 Å². The van der Waals surface area contributed by atoms with E-state index >= 15 is 0 Å². The minimum absolute atomic E-state index is 0.500. The van der Waals surface area contributed by atoms with Gasteiger partial charge in [-0.2, -0.15) is 0 Å². The Bertz CT molecular complexity index is 870. The van der Waals surface area contributed by atoms with Crippen molar-refractivity contribution in [2.75, 3.05) is 7.11 Å². The van der Waals surface area contributed by atoms with Crippen molar-refractivity contribution in [2.24, 2.45) is 0 Å². The van der Waals surface area contributed by atoms with Gasteiger partial charge in [-0.15, -0.1) is 0 Å². The number of rotatable bonds is 3. The summed E-state index contributed by atoms with van der Waals surface area (Å²) < 4.78 is 7.70. The molecule has 3 aromatic rings. The van der Waals surface area contributed by atoms with Crippen LogP contribution in [-0.4, -0.2) is 16.7 Å². The molecular weight excluding hydrogens is 327 g/mol. The maximum atomic E-state index is 6.12. The van der Waals surface area contributed by atoms with Crippen molar-refractivity contribution in [3.8, 4) is 5.69 Å². The lowest BCUT2D eigenvalue weighted by Crippen LogP contribution is -1.96. The monoisotopic (exact) mass is 338 g/mol. The fraction of sp³-hybridized carbons (Fsp3) is 0.133. The summed E-state index contributed by atoms with van der Waals surface area (Å²) in [6, 6.07) is 11.6. The molecule has 0 amide bonds. The molecule has 0 unspecified atom stereocenters. The standard InChI is InChI=1S/C15H12Cl2N2OS/c1-20-8-9-3-2-4-10(5-9)19-14-7-12(17)11(16)6-13(14)18-15(19)21/h2-7H,8H2,1H3,(H,18,21). The van der Waals surface area contributed by atoms with Crippen molar-refractivity contribution >= 4 is 46.5 Å². The van der Waals surface area contributed by atoms with Crippen LogP contribution >= 0.6 is 35.4 Å². The Balaban J connectivity index is 2.24. The Morgan fingerprint density at radius 1 is 1.19 bits per heavy atom. The molecule has 0 atom stereocenters. The molecule has 0 aliphatic heterocycles. The zero-order valence-corrected chi connectivity index (χ0v) is 13.5. The van der Waals surface area contributed by atoms with E-state index in [1.54, 1.807) is 13.2 Å². The number of imidazole rings is 1. The van der Waals surface area contributed by atoms with Crippen molar-refractivity contribution in [2.45, 2.75) is 6.61 Å². The summed E-state index contributed by atoms with van der Waals surface area (Å²) in [4.78, 5) is 3.15. The van der Waals surface area contributed by atoms with E-state index in [2.05, 4.69) is 4.98 Å². The summed E-state index contributed by atoms with van der Waals surface area (Å²) in [6.07, 6.45) is 0. The van der Waals surface area contributed by atoms with Gasteiger partial charge < -0.3 is 9.72 Å². The van der Waals surface area contributed by atoms with Crippen LogP contribution in [0.1, 0.15) is 5.56 Å². The number of hydrogen-bond acceptors (Lipinski definition) is 2. The first kappa shape index (κ1) is 14.6. The van der Waals surface area contributed by atoms with Crippen LogP contribution in [0.25, 0.3) is 16.7 Å². The minimum atomic E-state index is 0.500. The first-order valence-electron chi connectivity index (χ1n) is 6.28. The third-order valence-corrected chi connectivity index (χ3v) is 4.21. The number of methoxy groups -OCH3 is 1. The highest BCUT2D eigenvalue weighted by molar-refractivity contribution is 7.71. The summed E-state index contributed by atoms with van der Waals surface area (Å²) in [5, 5.41) is 1.00. The molecule has 0 aliphatic carbocycles. The summed E-state index contributed by atoms with van der Waals surface area (Å²) >= 11 is 17.6. The molecule has 0 spiro atoms. The summed E-state index contributed by atoms with van der Waals surface area (Å²) in [5.74, 6) is 0. The number of nitrogens with zero attached hydrogens (tertiary/aromatic N) is 1. The average Bonchev–Trinajstić information content (AvgIpc) is 2.75. The molecule has 2 aromatic carbocycles. The summed E-state index contributed by atoms with van der Waals surface area (Å²) in [6.45, 7) is 0.552. The van der Waals surface area contributed by atoms with E-state index < -0.39 is 0 Å². The van der Waals surface area contributed by atoms with Crippen LogP contribution in [0.2, 0.25) is 10.0 Å². The van der Waals surface area contributed by atoms with Crippen molar-refractivity contribution in [1.29, 1.82) is 0 Å². The fourth-order valence-corrected chi connectivity index (χ4v) is 2.95. The predicted octanol–water partition coefficient (Wildman–Crippen LogP) is 5.14. The van der Waals surface area contributed by atoms with Gasteiger partial charge in [-0.3, -0.25) is 4.57 Å². The normalized spacial score (nSPS) is 11.2. The number of ether oxygens (including phenoxy) is 1. The molecule has 3 rings (SSSR count). The first-order valence-corrected chi connectivity index (χ1v) is 7.44. The van der Waals surface area contributed by atoms with Gasteiger partial charge >= 0.3 is 0 Å². The van der Waals surface area contributed by atoms with Crippen molar-refractivity contribution in [3.63, 3.8) is 0 Å². The number of halogens is 2. The van der Waals surface area contributed by atoms with E-state index in [1.807, 2.05) is 34.9 Å². The number of fused-ring (bicyclic) bond motifs is 1. The molecule has 0 radical (unpaired) electrons. The summed E-state index contributed by atoms with van der Waals surface area (Å²) in [7, 11) is 1.67. The highest BCUT2D eigenvalue weighted by Gasteiger charge is 2.10. The van der Waals surface area contributed by atoms with Crippen LogP contribution in [0.3, 0.4) is 0 Å². The minimum Gasteiger partial charge on any atom is -0.380 e. The molecule has 21 heavy (non-hydrogen) atoms. The van der Waals surface area contributed by atoms with Crippen LogP contribution in [0, 0.1) is 4.77 Å². The van der Waals surface area contributed by atoms with Gasteiger partial charge in [0.2, 0.25) is 0 Å². The van der Waals surface area contributed by atoms with Crippen LogP contribution in [0.5, 0.6) is 0 Å². The first-order chi connectivity index (χ1) is 10.1. The maximum Gasteiger partial charge on any atom is 0.182 e. The van der Waals surface area contributed by atoms with E-state index in [-0.39, 0.29) is 0 Å². The van der Waals surface area contributed by atoms with E-state index in [0.29, 0.717) is 21.4 Å². The number of aromatic amines is 1. The Morgan fingerprint density at radius 2 is 1.95 bits per heavy atom. The zero-order valence-electron chi connectivity index (χ0n) is 11.2. The van der Waals surface area contributed by atoms with Gasteiger partial charge in [0.15, 0.2) is 4.77 Å². The largest absolute Gasteiger partial charge is 0.380 e. The second kappa shape index (κ2) is 5.81. The lowest BCUT2D eigenvalue weighted by molar-refractivity contribution is 0.185. The average molecular weight is 339 g/mol. The molecule has 1 N–H and O–H groups in total. The number of H-pyrrole nitrogens is 1. The SMILES string of the molecule is COCc1cccc(-n2c(=S)[nH]c3cc(Cl)c(Cl)cc32)c1. The molecule has 0 bridgehead atoms. The van der Waals surface area contributed by atoms with Gasteiger partial charge in [0.1, 0.15) is 0 Å². The van der Waals surface area contributed by atoms with Crippen molar-refractivity contribution in [3.05, 3.63) is 56.8 Å². The Kier molecular flexibility index (Phi) is 4.04. The number of aromatic nitrogens is 2. The van der Waals surface area contributed by atoms with Crippen molar-refractivity contribution in [1.82, 2.24) is 9.55 Å². The molecule has 1 heterocycles. The van der Waals surface area contributed by atoms with Crippen LogP contribution < -0.4 is 0 Å². The van der Waals surface area contributed by atoms with Gasteiger partial charge in [-0.05, 0) is 42.0 Å². The Morgan fingerprint density at radius 3 is 2.71 bits per heavy atom. The fourth-order valence-electron chi connectivity index (χ4n) is 2.31. The van der Waals surface area contributed by atoms with Crippen LogP contribution in [-0.2, 0) is 11.3 Å².